The highest BCUT2D eigenvalue weighted by atomic mass is 32.2. The minimum atomic E-state index is -3.61. The number of fused-ring (bicyclic) bond motifs is 1. The second kappa shape index (κ2) is 9.16. The number of anilines is 1. The first kappa shape index (κ1) is 22.1. The molecule has 31 heavy (non-hydrogen) atoms. The van der Waals surface area contributed by atoms with Crippen LogP contribution in [0.3, 0.4) is 0 Å². The van der Waals surface area contributed by atoms with Gasteiger partial charge in [-0.05, 0) is 54.9 Å². The smallest absolute Gasteiger partial charge is 0.240 e. The molecule has 1 saturated heterocycles. The van der Waals surface area contributed by atoms with Crippen LogP contribution < -0.4 is 14.4 Å². The maximum atomic E-state index is 12.9. The summed E-state index contributed by atoms with van der Waals surface area (Å²) in [4.78, 5) is 7.24. The topological polar surface area (TPSA) is 65.1 Å². The number of benzene rings is 2. The van der Waals surface area contributed by atoms with Crippen LogP contribution in [-0.2, 0) is 16.4 Å². The van der Waals surface area contributed by atoms with Gasteiger partial charge in [0.25, 0.3) is 0 Å². The molecule has 2 heterocycles. The van der Waals surface area contributed by atoms with Crippen molar-refractivity contribution >= 4 is 15.7 Å². The molecule has 0 spiro atoms. The molecule has 0 aliphatic carbocycles. The molecule has 7 nitrogen and oxygen atoms in total. The molecule has 0 unspecified atom stereocenters. The van der Waals surface area contributed by atoms with E-state index in [0.29, 0.717) is 12.3 Å². The summed E-state index contributed by atoms with van der Waals surface area (Å²) >= 11 is 0. The third kappa shape index (κ3) is 4.87. The lowest BCUT2D eigenvalue weighted by Crippen LogP contribution is -2.48. The first-order valence-electron chi connectivity index (χ1n) is 10.8. The Hall–Kier alpha value is -2.13. The number of sulfonamides is 1. The number of rotatable bonds is 7. The summed E-state index contributed by atoms with van der Waals surface area (Å²) in [6.07, 6.45) is 1.03. The molecule has 1 fully saturated rings. The maximum Gasteiger partial charge on any atom is 0.240 e. The second-order valence-electron chi connectivity index (χ2n) is 8.44. The molecule has 0 radical (unpaired) electrons. The normalized spacial score (nSPS) is 18.7. The van der Waals surface area contributed by atoms with Crippen LogP contribution in [0.4, 0.5) is 5.69 Å². The van der Waals surface area contributed by atoms with Crippen molar-refractivity contribution in [3.63, 3.8) is 0 Å². The molecule has 2 aromatic rings. The highest BCUT2D eigenvalue weighted by Gasteiger charge is 2.27. The average Bonchev–Trinajstić information content (AvgIpc) is 3.15. The fourth-order valence-electron chi connectivity index (χ4n) is 4.41. The van der Waals surface area contributed by atoms with Crippen LogP contribution in [0.15, 0.2) is 47.4 Å². The Labute approximate surface area is 185 Å². The molecular formula is C23H32N4O3S. The Kier molecular flexibility index (Phi) is 6.52. The van der Waals surface area contributed by atoms with E-state index < -0.39 is 10.0 Å². The largest absolute Gasteiger partial charge is 0.497 e. The third-order valence-electron chi connectivity index (χ3n) is 6.43. The van der Waals surface area contributed by atoms with Crippen molar-refractivity contribution in [2.45, 2.75) is 17.4 Å². The van der Waals surface area contributed by atoms with Crippen LogP contribution in [0.2, 0.25) is 0 Å². The third-order valence-corrected chi connectivity index (χ3v) is 7.87. The van der Waals surface area contributed by atoms with Gasteiger partial charge in [-0.25, -0.2) is 13.1 Å². The molecule has 1 N–H and O–H groups in total. The summed E-state index contributed by atoms with van der Waals surface area (Å²) in [7, 11) is 2.20. The monoisotopic (exact) mass is 444 g/mol. The molecule has 2 aromatic carbocycles. The van der Waals surface area contributed by atoms with Gasteiger partial charge in [0.2, 0.25) is 10.0 Å². The highest BCUT2D eigenvalue weighted by Crippen LogP contribution is 2.31. The van der Waals surface area contributed by atoms with Gasteiger partial charge in [0.15, 0.2) is 0 Å². The van der Waals surface area contributed by atoms with Crippen LogP contribution in [0.25, 0.3) is 0 Å². The zero-order chi connectivity index (χ0) is 22.0. The molecule has 0 saturated carbocycles. The molecule has 2 aliphatic heterocycles. The van der Waals surface area contributed by atoms with E-state index in [-0.39, 0.29) is 10.9 Å². The van der Waals surface area contributed by atoms with Crippen LogP contribution in [0.1, 0.15) is 17.2 Å². The van der Waals surface area contributed by atoms with Gasteiger partial charge in [-0.2, -0.15) is 0 Å². The number of likely N-dealkylation sites (N-methyl/N-ethyl adjacent to an activating group) is 2. The van der Waals surface area contributed by atoms with Gasteiger partial charge in [-0.15, -0.1) is 0 Å². The van der Waals surface area contributed by atoms with Crippen molar-refractivity contribution in [1.82, 2.24) is 14.5 Å². The van der Waals surface area contributed by atoms with Crippen LogP contribution in [-0.4, -0.2) is 78.7 Å². The van der Waals surface area contributed by atoms with Gasteiger partial charge in [0.05, 0.1) is 12.0 Å². The summed E-state index contributed by atoms with van der Waals surface area (Å²) in [6, 6.07) is 13.1. The lowest BCUT2D eigenvalue weighted by Gasteiger charge is -2.38. The number of nitrogens with one attached hydrogen (secondary N) is 1. The number of hydrogen-bond donors (Lipinski definition) is 1. The quantitative estimate of drug-likeness (QED) is 0.704. The van der Waals surface area contributed by atoms with E-state index in [4.69, 9.17) is 4.74 Å². The predicted molar refractivity (Wildman–Crippen MR) is 123 cm³/mol. The van der Waals surface area contributed by atoms with Crippen molar-refractivity contribution in [1.29, 1.82) is 0 Å². The molecule has 168 valence electrons. The summed E-state index contributed by atoms with van der Waals surface area (Å²) in [6.45, 7) is 5.17. The molecule has 8 heteroatoms. The van der Waals surface area contributed by atoms with E-state index >= 15 is 0 Å². The Balaban J connectivity index is 1.56. The first-order chi connectivity index (χ1) is 14.9. The van der Waals surface area contributed by atoms with Gasteiger partial charge in [0.1, 0.15) is 5.75 Å². The zero-order valence-electron chi connectivity index (χ0n) is 18.5. The molecule has 2 aliphatic rings. The first-order valence-corrected chi connectivity index (χ1v) is 12.3. The van der Waals surface area contributed by atoms with Gasteiger partial charge >= 0.3 is 0 Å². The summed E-state index contributed by atoms with van der Waals surface area (Å²) in [5.41, 5.74) is 3.80. The molecule has 0 amide bonds. The minimum Gasteiger partial charge on any atom is -0.497 e. The number of nitrogens with zero attached hydrogens (tertiary/aromatic N) is 3. The second-order valence-corrected chi connectivity index (χ2v) is 10.2. The van der Waals surface area contributed by atoms with Crippen molar-refractivity contribution in [2.75, 3.05) is 65.4 Å². The molecule has 1 atom stereocenters. The highest BCUT2D eigenvalue weighted by molar-refractivity contribution is 7.89. The van der Waals surface area contributed by atoms with Crippen molar-refractivity contribution < 1.29 is 13.2 Å². The average molecular weight is 445 g/mol. The fraction of sp³-hybridized carbons (Fsp3) is 0.478. The number of methoxy groups -OCH3 is 1. The minimum absolute atomic E-state index is 0.00192. The zero-order valence-corrected chi connectivity index (χ0v) is 19.4. The maximum absolute atomic E-state index is 12.9. The Morgan fingerprint density at radius 2 is 1.71 bits per heavy atom. The Bertz CT molecular complexity index is 1000. The van der Waals surface area contributed by atoms with Gasteiger partial charge in [-0.3, -0.25) is 4.90 Å². The fourth-order valence-corrected chi connectivity index (χ4v) is 5.45. The standard InChI is InChI=1S/C23H32N4O3S/c1-25-12-14-27(15-13-25)23(18-4-9-22-19(16-18)10-11-26(22)2)17-24-31(28,29)21-7-5-20(30-3)6-8-21/h4-9,16,23-24H,10-15,17H2,1-3H3/t23-/m1/s1. The number of ether oxygens (including phenoxy) is 1. The molecular weight excluding hydrogens is 412 g/mol. The SMILES string of the molecule is COc1ccc(S(=O)(=O)NC[C@H](c2ccc3c(c2)CCN3C)N2CCN(C)CC2)cc1. The van der Waals surface area contributed by atoms with E-state index in [9.17, 15) is 8.42 Å². The van der Waals surface area contributed by atoms with Crippen LogP contribution in [0, 0.1) is 0 Å². The van der Waals surface area contributed by atoms with E-state index in [1.54, 1.807) is 31.4 Å². The summed E-state index contributed by atoms with van der Waals surface area (Å²) in [5, 5.41) is 0. The van der Waals surface area contributed by atoms with Gasteiger partial charge in [0, 0.05) is 58.0 Å². The van der Waals surface area contributed by atoms with E-state index in [0.717, 1.165) is 39.1 Å². The molecule has 0 aromatic heterocycles. The predicted octanol–water partition coefficient (Wildman–Crippen LogP) is 1.95. The lowest BCUT2D eigenvalue weighted by atomic mass is 10.0. The molecule has 0 bridgehead atoms. The number of piperazine rings is 1. The van der Waals surface area contributed by atoms with Crippen LogP contribution in [0.5, 0.6) is 5.75 Å². The van der Waals surface area contributed by atoms with Gasteiger partial charge < -0.3 is 14.5 Å². The van der Waals surface area contributed by atoms with Crippen molar-refractivity contribution in [3.8, 4) is 5.75 Å². The number of hydrogen-bond acceptors (Lipinski definition) is 6. The van der Waals surface area contributed by atoms with E-state index in [1.807, 2.05) is 0 Å². The summed E-state index contributed by atoms with van der Waals surface area (Å²) < 4.78 is 33.9. The Morgan fingerprint density at radius 3 is 2.39 bits per heavy atom. The Morgan fingerprint density at radius 1 is 1.00 bits per heavy atom. The van der Waals surface area contributed by atoms with Crippen molar-refractivity contribution in [3.05, 3.63) is 53.6 Å². The van der Waals surface area contributed by atoms with Gasteiger partial charge in [-0.1, -0.05) is 12.1 Å². The molecule has 4 rings (SSSR count). The van der Waals surface area contributed by atoms with E-state index in [2.05, 4.69) is 51.7 Å². The van der Waals surface area contributed by atoms with Crippen LogP contribution >= 0.6 is 0 Å². The van der Waals surface area contributed by atoms with Crippen molar-refractivity contribution in [2.24, 2.45) is 0 Å². The van der Waals surface area contributed by atoms with E-state index in [1.165, 1.54) is 16.8 Å². The lowest BCUT2D eigenvalue weighted by molar-refractivity contribution is 0.113. The summed E-state index contributed by atoms with van der Waals surface area (Å²) in [5.74, 6) is 0.636.